The molecule has 1 atom stereocenters. The molecule has 3 fully saturated rings. The number of hydrogen-bond donors (Lipinski definition) is 1. The molecule has 1 aromatic heterocycles. The molecule has 4 aliphatic heterocycles. The van der Waals surface area contributed by atoms with Gasteiger partial charge in [-0.25, -0.2) is 9.97 Å². The molecule has 1 N–H and O–H groups in total. The first-order valence-electron chi connectivity index (χ1n) is 16.4. The maximum Gasteiger partial charge on any atom is 0.236 e. The molecule has 4 aliphatic rings. The first-order valence-corrected chi connectivity index (χ1v) is 16.4. The maximum absolute atomic E-state index is 13.2. The van der Waals surface area contributed by atoms with Gasteiger partial charge in [0, 0.05) is 83.1 Å². The van der Waals surface area contributed by atoms with Gasteiger partial charge in [-0.15, -0.1) is 0 Å². The fraction of sp³-hybridized carbons (Fsp3) is 0.667. The number of benzene rings is 1. The van der Waals surface area contributed by atoms with E-state index in [2.05, 4.69) is 48.2 Å². The van der Waals surface area contributed by atoms with E-state index in [-0.39, 0.29) is 5.91 Å². The summed E-state index contributed by atoms with van der Waals surface area (Å²) in [6.45, 7) is 14.7. The number of nitrogens with zero attached hydrogens (tertiary/aromatic N) is 6. The number of likely N-dealkylation sites (tertiary alicyclic amines) is 2. The summed E-state index contributed by atoms with van der Waals surface area (Å²) in [6.07, 6.45) is 8.18. The average molecular weight is 592 g/mol. The Bertz CT molecular complexity index is 1140. The number of piperidine rings is 2. The predicted octanol–water partition coefficient (Wildman–Crippen LogP) is 2.21. The molecule has 6 rings (SSSR count). The lowest BCUT2D eigenvalue weighted by molar-refractivity contribution is -0.133. The third-order valence-corrected chi connectivity index (χ3v) is 9.59. The van der Waals surface area contributed by atoms with Gasteiger partial charge < -0.3 is 29.5 Å². The molecule has 234 valence electrons. The molecule has 10 nitrogen and oxygen atoms in total. The molecule has 0 saturated carbocycles. The first kappa shape index (κ1) is 30.4. The van der Waals surface area contributed by atoms with Crippen LogP contribution in [0.1, 0.15) is 48.4 Å². The first-order chi connectivity index (χ1) is 21.2. The normalized spacial score (nSPS) is 22.5. The van der Waals surface area contributed by atoms with Crippen molar-refractivity contribution in [3.63, 3.8) is 0 Å². The molecule has 1 aromatic carbocycles. The van der Waals surface area contributed by atoms with E-state index < -0.39 is 0 Å². The Kier molecular flexibility index (Phi) is 10.9. The highest BCUT2D eigenvalue weighted by Crippen LogP contribution is 2.30. The molecule has 0 bridgehead atoms. The molecule has 0 radical (unpaired) electrons. The molecular formula is C33H49N7O3. The zero-order valence-electron chi connectivity index (χ0n) is 25.7. The third kappa shape index (κ3) is 8.73. The third-order valence-electron chi connectivity index (χ3n) is 9.59. The number of aromatic nitrogens is 2. The van der Waals surface area contributed by atoms with Crippen LogP contribution >= 0.6 is 0 Å². The number of ether oxygens (including phenoxy) is 2. The largest absolute Gasteiger partial charge is 0.491 e. The van der Waals surface area contributed by atoms with Crippen molar-refractivity contribution in [1.29, 1.82) is 0 Å². The Morgan fingerprint density at radius 2 is 1.84 bits per heavy atom. The van der Waals surface area contributed by atoms with Crippen LogP contribution in [-0.4, -0.2) is 127 Å². The van der Waals surface area contributed by atoms with Crippen molar-refractivity contribution in [2.75, 3.05) is 91.8 Å². The summed E-state index contributed by atoms with van der Waals surface area (Å²) in [5.74, 6) is 2.27. The second-order valence-electron chi connectivity index (χ2n) is 12.7. The van der Waals surface area contributed by atoms with Crippen LogP contribution in [0.4, 0.5) is 0 Å². The van der Waals surface area contributed by atoms with E-state index in [0.29, 0.717) is 25.7 Å². The van der Waals surface area contributed by atoms with Gasteiger partial charge in [0.15, 0.2) is 0 Å². The van der Waals surface area contributed by atoms with Gasteiger partial charge in [0.05, 0.1) is 25.5 Å². The minimum absolute atomic E-state index is 0.203. The minimum atomic E-state index is 0.203. The zero-order valence-corrected chi connectivity index (χ0v) is 25.7. The maximum atomic E-state index is 13.2. The van der Waals surface area contributed by atoms with E-state index in [1.165, 1.54) is 51.1 Å². The van der Waals surface area contributed by atoms with Crippen LogP contribution in [0.3, 0.4) is 0 Å². The molecule has 10 heteroatoms. The molecule has 3 saturated heterocycles. The molecule has 5 heterocycles. The Hall–Kier alpha value is -2.63. The number of rotatable bonds is 12. The second kappa shape index (κ2) is 15.4. The minimum Gasteiger partial charge on any atom is -0.491 e. The van der Waals surface area contributed by atoms with Crippen LogP contribution in [0.2, 0.25) is 0 Å². The SMILES string of the molecule is O=C(CN1Cc2cncnc2C1)N1CCCC(c2cccc(OCCOCCN3CCC(CN4CCNCC4)CC3)c2)C1. The second-order valence-corrected chi connectivity index (χ2v) is 12.7. The van der Waals surface area contributed by atoms with E-state index in [4.69, 9.17) is 9.47 Å². The van der Waals surface area contributed by atoms with Gasteiger partial charge in [-0.05, 0) is 62.4 Å². The number of nitrogens with one attached hydrogen (secondary N) is 1. The van der Waals surface area contributed by atoms with E-state index >= 15 is 0 Å². The molecule has 0 spiro atoms. The summed E-state index contributed by atoms with van der Waals surface area (Å²) in [5, 5.41) is 3.45. The summed E-state index contributed by atoms with van der Waals surface area (Å²) in [5.41, 5.74) is 3.42. The standard InChI is InChI=1S/C33H49N7O3/c41-33(25-39-22-30-20-35-26-36-32(30)24-39)40-10-2-4-29(23-40)28-3-1-5-31(19-28)43-18-17-42-16-15-37-11-6-27(7-12-37)21-38-13-8-34-9-14-38/h1,3,5,19-20,26-27,29,34H,2,4,6-18,21-25H2. The summed E-state index contributed by atoms with van der Waals surface area (Å²) >= 11 is 0. The van der Waals surface area contributed by atoms with E-state index in [1.807, 2.05) is 17.2 Å². The number of amides is 1. The van der Waals surface area contributed by atoms with Crippen LogP contribution in [-0.2, 0) is 22.6 Å². The van der Waals surface area contributed by atoms with Crippen molar-refractivity contribution in [3.8, 4) is 5.75 Å². The van der Waals surface area contributed by atoms with Crippen molar-refractivity contribution in [2.45, 2.75) is 44.7 Å². The van der Waals surface area contributed by atoms with Gasteiger partial charge >= 0.3 is 0 Å². The monoisotopic (exact) mass is 591 g/mol. The van der Waals surface area contributed by atoms with E-state index in [0.717, 1.165) is 88.2 Å². The molecule has 2 aromatic rings. The van der Waals surface area contributed by atoms with Crippen molar-refractivity contribution in [1.82, 2.24) is 34.9 Å². The van der Waals surface area contributed by atoms with Crippen LogP contribution < -0.4 is 10.1 Å². The Labute approximate surface area is 256 Å². The summed E-state index contributed by atoms with van der Waals surface area (Å²) < 4.78 is 12.0. The van der Waals surface area contributed by atoms with Crippen molar-refractivity contribution >= 4 is 5.91 Å². The number of piperazine rings is 1. The van der Waals surface area contributed by atoms with Crippen molar-refractivity contribution < 1.29 is 14.3 Å². The molecular weight excluding hydrogens is 542 g/mol. The molecule has 1 unspecified atom stereocenters. The van der Waals surface area contributed by atoms with Gasteiger partial charge in [0.25, 0.3) is 0 Å². The van der Waals surface area contributed by atoms with Crippen LogP contribution in [0.25, 0.3) is 0 Å². The van der Waals surface area contributed by atoms with Gasteiger partial charge in [-0.2, -0.15) is 0 Å². The lowest BCUT2D eigenvalue weighted by Crippen LogP contribution is -2.47. The lowest BCUT2D eigenvalue weighted by atomic mass is 9.90. The van der Waals surface area contributed by atoms with Crippen LogP contribution in [0.5, 0.6) is 5.75 Å². The Balaban J connectivity index is 0.860. The fourth-order valence-corrected chi connectivity index (χ4v) is 7.07. The predicted molar refractivity (Wildman–Crippen MR) is 166 cm³/mol. The van der Waals surface area contributed by atoms with Gasteiger partial charge in [-0.3, -0.25) is 9.69 Å². The van der Waals surface area contributed by atoms with Crippen molar-refractivity contribution in [3.05, 3.63) is 53.6 Å². The van der Waals surface area contributed by atoms with Gasteiger partial charge in [-0.1, -0.05) is 12.1 Å². The average Bonchev–Trinajstić information content (AvgIpc) is 3.46. The fourth-order valence-electron chi connectivity index (χ4n) is 7.07. The highest BCUT2D eigenvalue weighted by molar-refractivity contribution is 5.78. The Morgan fingerprint density at radius 1 is 0.953 bits per heavy atom. The topological polar surface area (TPSA) is 86.3 Å². The van der Waals surface area contributed by atoms with Crippen molar-refractivity contribution in [2.24, 2.45) is 5.92 Å². The number of carbonyl (C=O) groups is 1. The van der Waals surface area contributed by atoms with Gasteiger partial charge in [0.2, 0.25) is 5.91 Å². The zero-order chi connectivity index (χ0) is 29.3. The number of hydrogen-bond acceptors (Lipinski definition) is 9. The summed E-state index contributed by atoms with van der Waals surface area (Å²) in [4.78, 5) is 31.0. The highest BCUT2D eigenvalue weighted by atomic mass is 16.5. The summed E-state index contributed by atoms with van der Waals surface area (Å²) in [7, 11) is 0. The van der Waals surface area contributed by atoms with E-state index in [1.54, 1.807) is 6.33 Å². The van der Waals surface area contributed by atoms with E-state index in [9.17, 15) is 4.79 Å². The lowest BCUT2D eigenvalue weighted by Gasteiger charge is -2.36. The number of fused-ring (bicyclic) bond motifs is 1. The summed E-state index contributed by atoms with van der Waals surface area (Å²) in [6, 6.07) is 8.41. The molecule has 0 aliphatic carbocycles. The Morgan fingerprint density at radius 3 is 2.70 bits per heavy atom. The molecule has 1 amide bonds. The van der Waals surface area contributed by atoms with Crippen LogP contribution in [0.15, 0.2) is 36.8 Å². The smallest absolute Gasteiger partial charge is 0.236 e. The molecule has 43 heavy (non-hydrogen) atoms. The van der Waals surface area contributed by atoms with Gasteiger partial charge in [0.1, 0.15) is 18.7 Å². The number of carbonyl (C=O) groups excluding carboxylic acids is 1. The highest BCUT2D eigenvalue weighted by Gasteiger charge is 2.28. The quantitative estimate of drug-likeness (QED) is 0.374. The van der Waals surface area contributed by atoms with Crippen LogP contribution in [0, 0.1) is 5.92 Å².